The number of non-ortho nitro benzene ring substituents is 1. The number of hydrogen-bond donors (Lipinski definition) is 0. The molecular weight excluding hydrogens is 274 g/mol. The molecule has 0 fully saturated rings. The normalized spacial score (nSPS) is 9.95. The molecule has 0 heterocycles. The van der Waals surface area contributed by atoms with Gasteiger partial charge in [0.2, 0.25) is 0 Å². The van der Waals surface area contributed by atoms with Gasteiger partial charge in [0, 0.05) is 11.6 Å². The van der Waals surface area contributed by atoms with E-state index in [0.29, 0.717) is 11.3 Å². The fraction of sp³-hybridized carbons (Fsp3) is 0.133. The number of ether oxygens (including phenoxy) is 2. The molecule has 0 aliphatic carbocycles. The van der Waals surface area contributed by atoms with Crippen LogP contribution in [-0.2, 0) is 0 Å². The third-order valence-corrected chi connectivity index (χ3v) is 2.81. The van der Waals surface area contributed by atoms with Crippen LogP contribution in [0.4, 0.5) is 5.69 Å². The third kappa shape index (κ3) is 3.79. The van der Waals surface area contributed by atoms with Crippen LogP contribution < -0.4 is 9.47 Å². The van der Waals surface area contributed by atoms with Crippen molar-refractivity contribution >= 4 is 11.5 Å². The van der Waals surface area contributed by atoms with Crippen molar-refractivity contribution in [2.45, 2.75) is 0 Å². The first-order chi connectivity index (χ1) is 10.1. The number of ketones is 1. The first-order valence-corrected chi connectivity index (χ1v) is 6.14. The molecular formula is C15H13NO5. The van der Waals surface area contributed by atoms with Gasteiger partial charge < -0.3 is 9.47 Å². The maximum Gasteiger partial charge on any atom is 0.273 e. The number of methoxy groups -OCH3 is 1. The molecule has 0 saturated carbocycles. The van der Waals surface area contributed by atoms with Gasteiger partial charge in [0.25, 0.3) is 5.69 Å². The van der Waals surface area contributed by atoms with E-state index in [1.54, 1.807) is 37.4 Å². The summed E-state index contributed by atoms with van der Waals surface area (Å²) in [6, 6.07) is 12.3. The van der Waals surface area contributed by atoms with E-state index in [1.165, 1.54) is 18.2 Å². The van der Waals surface area contributed by atoms with Crippen LogP contribution in [-0.4, -0.2) is 24.4 Å². The second kappa shape index (κ2) is 6.51. The molecule has 0 aliphatic rings. The number of carbonyl (C=O) groups is 1. The summed E-state index contributed by atoms with van der Waals surface area (Å²) in [4.78, 5) is 22.1. The fourth-order valence-electron chi connectivity index (χ4n) is 1.70. The lowest BCUT2D eigenvalue weighted by Crippen LogP contribution is -2.11. The lowest BCUT2D eigenvalue weighted by molar-refractivity contribution is -0.384. The van der Waals surface area contributed by atoms with E-state index in [2.05, 4.69) is 0 Å². The molecule has 6 nitrogen and oxygen atoms in total. The van der Waals surface area contributed by atoms with E-state index in [4.69, 9.17) is 9.47 Å². The number of nitro benzene ring substituents is 1. The molecule has 0 N–H and O–H groups in total. The Balaban J connectivity index is 2.00. The SMILES string of the molecule is COc1ccc(C(=O)COc2cccc([N+](=O)[O-])c2)cc1. The zero-order valence-electron chi connectivity index (χ0n) is 11.3. The van der Waals surface area contributed by atoms with Crippen LogP contribution in [0.5, 0.6) is 11.5 Å². The van der Waals surface area contributed by atoms with Crippen molar-refractivity contribution in [1.82, 2.24) is 0 Å². The van der Waals surface area contributed by atoms with Crippen molar-refractivity contribution in [3.8, 4) is 11.5 Å². The first-order valence-electron chi connectivity index (χ1n) is 6.14. The highest BCUT2D eigenvalue weighted by molar-refractivity contribution is 5.97. The second-order valence-corrected chi connectivity index (χ2v) is 4.19. The van der Waals surface area contributed by atoms with E-state index < -0.39 is 4.92 Å². The zero-order chi connectivity index (χ0) is 15.2. The molecule has 108 valence electrons. The minimum Gasteiger partial charge on any atom is -0.497 e. The molecule has 0 radical (unpaired) electrons. The topological polar surface area (TPSA) is 78.7 Å². The number of carbonyl (C=O) groups excluding carboxylic acids is 1. The van der Waals surface area contributed by atoms with Gasteiger partial charge in [-0.2, -0.15) is 0 Å². The van der Waals surface area contributed by atoms with E-state index in [1.807, 2.05) is 0 Å². The molecule has 0 aliphatic heterocycles. The Morgan fingerprint density at radius 2 is 1.86 bits per heavy atom. The van der Waals surface area contributed by atoms with Crippen molar-refractivity contribution in [2.24, 2.45) is 0 Å². The summed E-state index contributed by atoms with van der Waals surface area (Å²) in [7, 11) is 1.54. The van der Waals surface area contributed by atoms with Crippen LogP contribution in [0, 0.1) is 10.1 Å². The van der Waals surface area contributed by atoms with Gasteiger partial charge in [-0.3, -0.25) is 14.9 Å². The van der Waals surface area contributed by atoms with Crippen molar-refractivity contribution in [3.63, 3.8) is 0 Å². The van der Waals surface area contributed by atoms with Crippen LogP contribution in [0.1, 0.15) is 10.4 Å². The largest absolute Gasteiger partial charge is 0.497 e. The van der Waals surface area contributed by atoms with Crippen molar-refractivity contribution in [1.29, 1.82) is 0 Å². The standard InChI is InChI=1S/C15H13NO5/c1-20-13-7-5-11(6-8-13)15(17)10-21-14-4-2-3-12(9-14)16(18)19/h2-9H,10H2,1H3. The van der Waals surface area contributed by atoms with Crippen LogP contribution >= 0.6 is 0 Å². The Bertz CT molecular complexity index is 651. The molecule has 0 spiro atoms. The predicted octanol–water partition coefficient (Wildman–Crippen LogP) is 2.87. The summed E-state index contributed by atoms with van der Waals surface area (Å²) in [5.74, 6) is 0.723. The highest BCUT2D eigenvalue weighted by Crippen LogP contribution is 2.19. The van der Waals surface area contributed by atoms with Crippen LogP contribution in [0.15, 0.2) is 48.5 Å². The van der Waals surface area contributed by atoms with Gasteiger partial charge in [-0.1, -0.05) is 6.07 Å². The Morgan fingerprint density at radius 3 is 2.48 bits per heavy atom. The van der Waals surface area contributed by atoms with Gasteiger partial charge in [-0.25, -0.2) is 0 Å². The van der Waals surface area contributed by atoms with Gasteiger partial charge >= 0.3 is 0 Å². The smallest absolute Gasteiger partial charge is 0.273 e. The molecule has 2 aromatic carbocycles. The molecule has 0 bridgehead atoms. The summed E-state index contributed by atoms with van der Waals surface area (Å²) in [5, 5.41) is 10.6. The lowest BCUT2D eigenvalue weighted by Gasteiger charge is -2.06. The van der Waals surface area contributed by atoms with E-state index >= 15 is 0 Å². The minimum absolute atomic E-state index is 0.0793. The maximum atomic E-state index is 11.9. The molecule has 0 aromatic heterocycles. The predicted molar refractivity (Wildman–Crippen MR) is 75.9 cm³/mol. The number of nitro groups is 1. The van der Waals surface area contributed by atoms with Crippen LogP contribution in [0.25, 0.3) is 0 Å². The number of rotatable bonds is 6. The summed E-state index contributed by atoms with van der Waals surface area (Å²) in [6.45, 7) is -0.187. The zero-order valence-corrected chi connectivity index (χ0v) is 11.3. The summed E-state index contributed by atoms with van der Waals surface area (Å²) >= 11 is 0. The summed E-state index contributed by atoms with van der Waals surface area (Å²) in [6.07, 6.45) is 0. The van der Waals surface area contributed by atoms with Crippen molar-refractivity contribution in [3.05, 3.63) is 64.2 Å². The number of Topliss-reactive ketones (excluding diaryl/α,β-unsaturated/α-hetero) is 1. The van der Waals surface area contributed by atoms with Crippen LogP contribution in [0.2, 0.25) is 0 Å². The van der Waals surface area contributed by atoms with Gasteiger partial charge in [0.05, 0.1) is 18.1 Å². The van der Waals surface area contributed by atoms with Gasteiger partial charge in [-0.05, 0) is 30.3 Å². The molecule has 21 heavy (non-hydrogen) atoms. The highest BCUT2D eigenvalue weighted by Gasteiger charge is 2.10. The summed E-state index contributed by atoms with van der Waals surface area (Å²) < 4.78 is 10.3. The highest BCUT2D eigenvalue weighted by atomic mass is 16.6. The molecule has 0 saturated heterocycles. The van der Waals surface area contributed by atoms with Gasteiger partial charge in [-0.15, -0.1) is 0 Å². The fourth-order valence-corrected chi connectivity index (χ4v) is 1.70. The Kier molecular flexibility index (Phi) is 4.50. The molecule has 0 amide bonds. The van der Waals surface area contributed by atoms with E-state index in [0.717, 1.165) is 0 Å². The van der Waals surface area contributed by atoms with E-state index in [9.17, 15) is 14.9 Å². The summed E-state index contributed by atoms with van der Waals surface area (Å²) in [5.41, 5.74) is 0.408. The maximum absolute atomic E-state index is 11.9. The van der Waals surface area contributed by atoms with Crippen molar-refractivity contribution in [2.75, 3.05) is 13.7 Å². The number of benzene rings is 2. The minimum atomic E-state index is -0.516. The average Bonchev–Trinajstić information content (AvgIpc) is 2.53. The first kappa shape index (κ1) is 14.5. The quantitative estimate of drug-likeness (QED) is 0.463. The van der Waals surface area contributed by atoms with Crippen LogP contribution in [0.3, 0.4) is 0 Å². The lowest BCUT2D eigenvalue weighted by atomic mass is 10.1. The Labute approximate surface area is 121 Å². The molecule has 2 rings (SSSR count). The third-order valence-electron chi connectivity index (χ3n) is 2.81. The van der Waals surface area contributed by atoms with E-state index in [-0.39, 0.29) is 23.8 Å². The number of nitrogens with zero attached hydrogens (tertiary/aromatic N) is 1. The van der Waals surface area contributed by atoms with Gasteiger partial charge in [0.1, 0.15) is 11.5 Å². The molecule has 0 atom stereocenters. The van der Waals surface area contributed by atoms with Gasteiger partial charge in [0.15, 0.2) is 12.4 Å². The molecule has 0 unspecified atom stereocenters. The molecule has 6 heteroatoms. The Hall–Kier alpha value is -2.89. The average molecular weight is 287 g/mol. The second-order valence-electron chi connectivity index (χ2n) is 4.19. The Morgan fingerprint density at radius 1 is 1.14 bits per heavy atom. The van der Waals surface area contributed by atoms with Crippen molar-refractivity contribution < 1.29 is 19.2 Å². The molecule has 2 aromatic rings. The monoisotopic (exact) mass is 287 g/mol. The number of hydrogen-bond acceptors (Lipinski definition) is 5.